The number of hydrogen-bond acceptors (Lipinski definition) is 5. The van der Waals surface area contributed by atoms with Crippen molar-refractivity contribution in [2.24, 2.45) is 0 Å². The van der Waals surface area contributed by atoms with Crippen molar-refractivity contribution in [3.63, 3.8) is 0 Å². The Hall–Kier alpha value is -1.86. The van der Waals surface area contributed by atoms with Crippen LogP contribution in [-0.4, -0.2) is 50.4 Å². The van der Waals surface area contributed by atoms with Crippen molar-refractivity contribution in [2.75, 3.05) is 38.3 Å². The van der Waals surface area contributed by atoms with E-state index in [9.17, 15) is 4.79 Å². The smallest absolute Gasteiger partial charge is 0.315 e. The van der Waals surface area contributed by atoms with Crippen LogP contribution in [0.15, 0.2) is 24.3 Å². The van der Waals surface area contributed by atoms with Crippen LogP contribution in [0.5, 0.6) is 0 Å². The van der Waals surface area contributed by atoms with Crippen LogP contribution >= 0.6 is 11.3 Å². The minimum absolute atomic E-state index is 0.0951. The maximum atomic E-state index is 12.0. The number of anilines is 1. The van der Waals surface area contributed by atoms with Gasteiger partial charge in [-0.15, -0.1) is 0 Å². The first-order valence-corrected chi connectivity index (χ1v) is 9.22. The SMILES string of the molecule is COCCCNC(=O)N[C@H]1CCCN(c2nc3ccccc3s2)C1. The van der Waals surface area contributed by atoms with E-state index in [-0.39, 0.29) is 12.1 Å². The summed E-state index contributed by atoms with van der Waals surface area (Å²) >= 11 is 1.72. The van der Waals surface area contributed by atoms with Crippen LogP contribution in [-0.2, 0) is 4.74 Å². The van der Waals surface area contributed by atoms with Crippen LogP contribution in [0.1, 0.15) is 19.3 Å². The monoisotopic (exact) mass is 348 g/mol. The summed E-state index contributed by atoms with van der Waals surface area (Å²) in [4.78, 5) is 19.0. The molecule has 1 atom stereocenters. The maximum Gasteiger partial charge on any atom is 0.315 e. The van der Waals surface area contributed by atoms with Gasteiger partial charge in [-0.3, -0.25) is 0 Å². The number of fused-ring (bicyclic) bond motifs is 1. The molecule has 0 unspecified atom stereocenters. The topological polar surface area (TPSA) is 66.5 Å². The molecule has 2 amide bonds. The molecule has 2 heterocycles. The summed E-state index contributed by atoms with van der Waals surface area (Å²) in [7, 11) is 1.67. The van der Waals surface area contributed by atoms with Gasteiger partial charge in [-0.25, -0.2) is 9.78 Å². The molecule has 1 aliphatic rings. The van der Waals surface area contributed by atoms with Crippen molar-refractivity contribution in [3.05, 3.63) is 24.3 Å². The number of methoxy groups -OCH3 is 1. The Labute approximate surface area is 146 Å². The number of para-hydroxylation sites is 1. The Kier molecular flexibility index (Phi) is 5.87. The number of carbonyl (C=O) groups excluding carboxylic acids is 1. The number of amides is 2. The normalized spacial score (nSPS) is 17.9. The summed E-state index contributed by atoms with van der Waals surface area (Å²) in [5.41, 5.74) is 1.04. The van der Waals surface area contributed by atoms with E-state index in [1.54, 1.807) is 18.4 Å². The lowest BCUT2D eigenvalue weighted by atomic mass is 10.1. The van der Waals surface area contributed by atoms with Gasteiger partial charge in [0.15, 0.2) is 5.13 Å². The lowest BCUT2D eigenvalue weighted by molar-refractivity contribution is 0.193. The van der Waals surface area contributed by atoms with Gasteiger partial charge in [-0.05, 0) is 31.4 Å². The fraction of sp³-hybridized carbons (Fsp3) is 0.529. The van der Waals surface area contributed by atoms with Crippen LogP contribution in [0.2, 0.25) is 0 Å². The Morgan fingerprint density at radius 1 is 1.46 bits per heavy atom. The number of urea groups is 1. The molecular formula is C17H24N4O2S. The third-order valence-electron chi connectivity index (χ3n) is 4.12. The van der Waals surface area contributed by atoms with Crippen molar-refractivity contribution >= 4 is 32.7 Å². The highest BCUT2D eigenvalue weighted by molar-refractivity contribution is 7.22. The molecule has 6 nitrogen and oxygen atoms in total. The lowest BCUT2D eigenvalue weighted by Crippen LogP contribution is -2.50. The van der Waals surface area contributed by atoms with Crippen molar-refractivity contribution in [1.82, 2.24) is 15.6 Å². The van der Waals surface area contributed by atoms with E-state index in [0.29, 0.717) is 13.2 Å². The second-order valence-electron chi connectivity index (χ2n) is 6.00. The van der Waals surface area contributed by atoms with E-state index in [1.807, 2.05) is 18.2 Å². The van der Waals surface area contributed by atoms with Crippen LogP contribution in [0, 0.1) is 0 Å². The molecule has 0 bridgehead atoms. The summed E-state index contributed by atoms with van der Waals surface area (Å²) in [5.74, 6) is 0. The summed E-state index contributed by atoms with van der Waals surface area (Å²) in [6.45, 7) is 3.10. The first-order chi connectivity index (χ1) is 11.8. The van der Waals surface area contributed by atoms with Gasteiger partial charge >= 0.3 is 6.03 Å². The number of aromatic nitrogens is 1. The Bertz CT molecular complexity index is 642. The highest BCUT2D eigenvalue weighted by atomic mass is 32.1. The van der Waals surface area contributed by atoms with E-state index < -0.39 is 0 Å². The molecule has 0 saturated carbocycles. The highest BCUT2D eigenvalue weighted by Gasteiger charge is 2.23. The molecule has 1 saturated heterocycles. The van der Waals surface area contributed by atoms with Crippen LogP contribution in [0.3, 0.4) is 0 Å². The van der Waals surface area contributed by atoms with Gasteiger partial charge in [0.2, 0.25) is 0 Å². The van der Waals surface area contributed by atoms with Gasteiger partial charge in [0, 0.05) is 39.4 Å². The summed E-state index contributed by atoms with van der Waals surface area (Å²) in [6.07, 6.45) is 2.89. The summed E-state index contributed by atoms with van der Waals surface area (Å²) < 4.78 is 6.18. The highest BCUT2D eigenvalue weighted by Crippen LogP contribution is 2.30. The molecule has 1 fully saturated rings. The quantitative estimate of drug-likeness (QED) is 0.788. The molecule has 1 aromatic carbocycles. The fourth-order valence-corrected chi connectivity index (χ4v) is 3.92. The zero-order valence-electron chi connectivity index (χ0n) is 14.0. The van der Waals surface area contributed by atoms with Crippen LogP contribution in [0.4, 0.5) is 9.93 Å². The van der Waals surface area contributed by atoms with Crippen molar-refractivity contribution in [3.8, 4) is 0 Å². The van der Waals surface area contributed by atoms with Gasteiger partial charge in [0.1, 0.15) is 0 Å². The predicted molar refractivity (Wildman–Crippen MR) is 97.9 cm³/mol. The Morgan fingerprint density at radius 3 is 3.17 bits per heavy atom. The van der Waals surface area contributed by atoms with Gasteiger partial charge in [0.25, 0.3) is 0 Å². The minimum atomic E-state index is -0.0951. The second kappa shape index (κ2) is 8.30. The minimum Gasteiger partial charge on any atom is -0.385 e. The lowest BCUT2D eigenvalue weighted by Gasteiger charge is -2.32. The molecule has 2 aromatic rings. The third kappa shape index (κ3) is 4.36. The van der Waals surface area contributed by atoms with Crippen molar-refractivity contribution in [1.29, 1.82) is 0 Å². The fourth-order valence-electron chi connectivity index (χ4n) is 2.92. The first kappa shape index (κ1) is 17.0. The average Bonchev–Trinajstić information content (AvgIpc) is 3.03. The van der Waals surface area contributed by atoms with Gasteiger partial charge in [0.05, 0.1) is 10.2 Å². The Morgan fingerprint density at radius 2 is 2.33 bits per heavy atom. The molecule has 24 heavy (non-hydrogen) atoms. The molecule has 7 heteroatoms. The number of rotatable bonds is 6. The number of piperidine rings is 1. The average molecular weight is 348 g/mol. The number of carbonyl (C=O) groups is 1. The van der Waals surface area contributed by atoms with E-state index in [4.69, 9.17) is 9.72 Å². The number of hydrogen-bond donors (Lipinski definition) is 2. The first-order valence-electron chi connectivity index (χ1n) is 8.40. The maximum absolute atomic E-state index is 12.0. The number of benzene rings is 1. The number of ether oxygens (including phenoxy) is 1. The van der Waals surface area contributed by atoms with Crippen molar-refractivity contribution < 1.29 is 9.53 Å². The van der Waals surface area contributed by atoms with Gasteiger partial charge < -0.3 is 20.3 Å². The molecule has 2 N–H and O–H groups in total. The molecule has 1 aromatic heterocycles. The van der Waals surface area contributed by atoms with Crippen molar-refractivity contribution in [2.45, 2.75) is 25.3 Å². The number of thiazole rings is 1. The standard InChI is InChI=1S/C17H24N4O2S/c1-23-11-5-9-18-16(22)19-13-6-4-10-21(12-13)17-20-14-7-2-3-8-15(14)24-17/h2-3,7-8,13H,4-6,9-12H2,1H3,(H2,18,19,22)/t13-/m0/s1. The van der Waals surface area contributed by atoms with E-state index in [0.717, 1.165) is 43.0 Å². The third-order valence-corrected chi connectivity index (χ3v) is 5.22. The number of nitrogens with one attached hydrogen (secondary N) is 2. The van der Waals surface area contributed by atoms with Gasteiger partial charge in [-0.2, -0.15) is 0 Å². The van der Waals surface area contributed by atoms with Crippen LogP contribution in [0.25, 0.3) is 10.2 Å². The van der Waals surface area contributed by atoms with Crippen LogP contribution < -0.4 is 15.5 Å². The zero-order chi connectivity index (χ0) is 16.8. The molecule has 0 radical (unpaired) electrons. The largest absolute Gasteiger partial charge is 0.385 e. The van der Waals surface area contributed by atoms with E-state index in [1.165, 1.54) is 4.70 Å². The van der Waals surface area contributed by atoms with E-state index >= 15 is 0 Å². The zero-order valence-corrected chi connectivity index (χ0v) is 14.8. The molecule has 0 aliphatic carbocycles. The molecule has 130 valence electrons. The van der Waals surface area contributed by atoms with Gasteiger partial charge in [-0.1, -0.05) is 23.5 Å². The Balaban J connectivity index is 1.53. The summed E-state index contributed by atoms with van der Waals surface area (Å²) in [5, 5.41) is 7.00. The van der Waals surface area contributed by atoms with E-state index in [2.05, 4.69) is 21.6 Å². The molecule has 0 spiro atoms. The number of nitrogens with zero attached hydrogens (tertiary/aromatic N) is 2. The molecule has 3 rings (SSSR count). The predicted octanol–water partition coefficient (Wildman–Crippen LogP) is 2.60. The summed E-state index contributed by atoms with van der Waals surface area (Å²) in [6, 6.07) is 8.26. The molecular weight excluding hydrogens is 324 g/mol. The molecule has 1 aliphatic heterocycles. The second-order valence-corrected chi connectivity index (χ2v) is 7.01.